The van der Waals surface area contributed by atoms with Gasteiger partial charge in [-0.3, -0.25) is 0 Å². The molecule has 24 heavy (non-hydrogen) atoms. The van der Waals surface area contributed by atoms with Gasteiger partial charge in [-0.15, -0.1) is 0 Å². The minimum absolute atomic E-state index is 0.110. The molecule has 7 nitrogen and oxygen atoms in total. The van der Waals surface area contributed by atoms with Crippen LogP contribution >= 0.6 is 0 Å². The second kappa shape index (κ2) is 6.99. The van der Waals surface area contributed by atoms with Gasteiger partial charge in [0.2, 0.25) is 0 Å². The third-order valence-electron chi connectivity index (χ3n) is 3.74. The Morgan fingerprint density at radius 1 is 1.33 bits per heavy atom. The van der Waals surface area contributed by atoms with Crippen LogP contribution in [0.2, 0.25) is 0 Å². The van der Waals surface area contributed by atoms with Crippen LogP contribution in [0.15, 0.2) is 59.7 Å². The summed E-state index contributed by atoms with van der Waals surface area (Å²) < 4.78 is 6.94. The lowest BCUT2D eigenvalue weighted by Gasteiger charge is -2.21. The van der Waals surface area contributed by atoms with Crippen LogP contribution < -0.4 is 5.32 Å². The van der Waals surface area contributed by atoms with E-state index in [2.05, 4.69) is 15.4 Å². The fourth-order valence-corrected chi connectivity index (χ4v) is 2.34. The van der Waals surface area contributed by atoms with Crippen LogP contribution in [0.5, 0.6) is 0 Å². The summed E-state index contributed by atoms with van der Waals surface area (Å²) in [6.07, 6.45) is 4.73. The fraction of sp³-hybridized carbons (Fsp3) is 0.235. The topological polar surface area (TPSA) is 76.2 Å². The van der Waals surface area contributed by atoms with Crippen LogP contribution in [-0.2, 0) is 6.54 Å². The molecule has 2 amide bonds. The summed E-state index contributed by atoms with van der Waals surface area (Å²) in [7, 11) is 1.73. The number of amides is 2. The van der Waals surface area contributed by atoms with Gasteiger partial charge in [0.1, 0.15) is 18.4 Å². The van der Waals surface area contributed by atoms with Crippen molar-refractivity contribution in [3.8, 4) is 5.69 Å². The van der Waals surface area contributed by atoms with E-state index in [0.29, 0.717) is 6.54 Å². The van der Waals surface area contributed by atoms with E-state index >= 15 is 0 Å². The zero-order chi connectivity index (χ0) is 16.9. The molecule has 0 aliphatic carbocycles. The number of hydrogen-bond donors (Lipinski definition) is 1. The van der Waals surface area contributed by atoms with Gasteiger partial charge in [-0.05, 0) is 36.8 Å². The minimum Gasteiger partial charge on any atom is -0.467 e. The van der Waals surface area contributed by atoms with E-state index in [4.69, 9.17) is 4.42 Å². The molecule has 3 rings (SSSR count). The molecule has 0 aliphatic rings. The SMILES string of the molecule is C[C@@H](NC(=O)N(C)Cc1ccco1)c1ccc(-n2cncn2)cc1. The highest BCUT2D eigenvalue weighted by Gasteiger charge is 2.14. The van der Waals surface area contributed by atoms with E-state index in [1.54, 1.807) is 35.3 Å². The number of carbonyl (C=O) groups is 1. The highest BCUT2D eigenvalue weighted by atomic mass is 16.3. The zero-order valence-electron chi connectivity index (χ0n) is 13.6. The van der Waals surface area contributed by atoms with Crippen LogP contribution in [0.25, 0.3) is 5.69 Å². The normalized spacial score (nSPS) is 11.9. The summed E-state index contributed by atoms with van der Waals surface area (Å²) in [6.45, 7) is 2.37. The van der Waals surface area contributed by atoms with Gasteiger partial charge in [-0.1, -0.05) is 12.1 Å². The summed E-state index contributed by atoms with van der Waals surface area (Å²) in [5, 5.41) is 7.06. The van der Waals surface area contributed by atoms with Crippen molar-refractivity contribution in [2.24, 2.45) is 0 Å². The summed E-state index contributed by atoms with van der Waals surface area (Å²) in [5.74, 6) is 0.748. The average Bonchev–Trinajstić information content (AvgIpc) is 3.28. The van der Waals surface area contributed by atoms with Gasteiger partial charge < -0.3 is 14.6 Å². The summed E-state index contributed by atoms with van der Waals surface area (Å²) in [4.78, 5) is 17.8. The molecule has 3 aromatic rings. The van der Waals surface area contributed by atoms with Gasteiger partial charge in [-0.25, -0.2) is 14.5 Å². The highest BCUT2D eigenvalue weighted by Crippen LogP contribution is 2.15. The van der Waals surface area contributed by atoms with E-state index < -0.39 is 0 Å². The van der Waals surface area contributed by atoms with E-state index in [1.165, 1.54) is 6.33 Å². The molecule has 1 aromatic carbocycles. The molecule has 0 saturated carbocycles. The van der Waals surface area contributed by atoms with E-state index in [0.717, 1.165) is 17.0 Å². The van der Waals surface area contributed by atoms with Crippen molar-refractivity contribution in [1.29, 1.82) is 0 Å². The van der Waals surface area contributed by atoms with Gasteiger partial charge >= 0.3 is 6.03 Å². The van der Waals surface area contributed by atoms with E-state index in [1.807, 2.05) is 37.3 Å². The smallest absolute Gasteiger partial charge is 0.318 e. The van der Waals surface area contributed by atoms with Crippen molar-refractivity contribution in [1.82, 2.24) is 25.0 Å². The predicted molar refractivity (Wildman–Crippen MR) is 88.5 cm³/mol. The van der Waals surface area contributed by atoms with E-state index in [9.17, 15) is 4.79 Å². The number of aromatic nitrogens is 3. The summed E-state index contributed by atoms with van der Waals surface area (Å²) in [5.41, 5.74) is 1.93. The van der Waals surface area contributed by atoms with Crippen LogP contribution in [0.3, 0.4) is 0 Å². The number of urea groups is 1. The molecule has 0 radical (unpaired) electrons. The lowest BCUT2D eigenvalue weighted by Crippen LogP contribution is -2.38. The first-order chi connectivity index (χ1) is 11.6. The number of hydrogen-bond acceptors (Lipinski definition) is 4. The number of rotatable bonds is 5. The van der Waals surface area contributed by atoms with Gasteiger partial charge in [0.05, 0.1) is 24.5 Å². The van der Waals surface area contributed by atoms with E-state index in [-0.39, 0.29) is 12.1 Å². The van der Waals surface area contributed by atoms with Crippen LogP contribution in [0.1, 0.15) is 24.3 Å². The van der Waals surface area contributed by atoms with Gasteiger partial charge in [0.15, 0.2) is 0 Å². The van der Waals surface area contributed by atoms with Crippen molar-refractivity contribution in [3.63, 3.8) is 0 Å². The maximum absolute atomic E-state index is 12.3. The highest BCUT2D eigenvalue weighted by molar-refractivity contribution is 5.74. The first kappa shape index (κ1) is 15.8. The molecule has 2 heterocycles. The Balaban J connectivity index is 1.59. The Bertz CT molecular complexity index is 766. The Morgan fingerprint density at radius 2 is 2.12 bits per heavy atom. The monoisotopic (exact) mass is 325 g/mol. The van der Waals surface area contributed by atoms with Crippen LogP contribution in [0.4, 0.5) is 4.79 Å². The fourth-order valence-electron chi connectivity index (χ4n) is 2.34. The molecular formula is C17H19N5O2. The molecule has 0 aliphatic heterocycles. The van der Waals surface area contributed by atoms with Crippen LogP contribution in [0, 0.1) is 0 Å². The van der Waals surface area contributed by atoms with Crippen LogP contribution in [-0.4, -0.2) is 32.7 Å². The Kier molecular flexibility index (Phi) is 4.60. The molecule has 1 N–H and O–H groups in total. The lowest BCUT2D eigenvalue weighted by atomic mass is 10.1. The van der Waals surface area contributed by atoms with Crippen molar-refractivity contribution >= 4 is 6.03 Å². The largest absolute Gasteiger partial charge is 0.467 e. The standard InChI is InChI=1S/C17H19N5O2/c1-13(20-17(23)21(2)10-16-4-3-9-24-16)14-5-7-15(8-6-14)22-12-18-11-19-22/h3-9,11-13H,10H2,1-2H3,(H,20,23)/t13-/m1/s1. The average molecular weight is 325 g/mol. The zero-order valence-corrected chi connectivity index (χ0v) is 13.6. The third-order valence-corrected chi connectivity index (χ3v) is 3.74. The molecule has 124 valence electrons. The molecule has 0 fully saturated rings. The second-order valence-corrected chi connectivity index (χ2v) is 5.54. The molecule has 0 spiro atoms. The summed E-state index contributed by atoms with van der Waals surface area (Å²) >= 11 is 0. The quantitative estimate of drug-likeness (QED) is 0.782. The Labute approximate surface area is 139 Å². The van der Waals surface area contributed by atoms with Gasteiger partial charge in [0.25, 0.3) is 0 Å². The molecule has 0 unspecified atom stereocenters. The first-order valence-electron chi connectivity index (χ1n) is 7.62. The molecule has 1 atom stereocenters. The number of nitrogens with one attached hydrogen (secondary N) is 1. The number of nitrogens with zero attached hydrogens (tertiary/aromatic N) is 4. The third kappa shape index (κ3) is 3.62. The molecule has 0 saturated heterocycles. The maximum Gasteiger partial charge on any atom is 0.318 e. The first-order valence-corrected chi connectivity index (χ1v) is 7.62. The molecule has 7 heteroatoms. The lowest BCUT2D eigenvalue weighted by molar-refractivity contribution is 0.200. The molecular weight excluding hydrogens is 306 g/mol. The Hall–Kier alpha value is -3.09. The Morgan fingerprint density at radius 3 is 2.75 bits per heavy atom. The second-order valence-electron chi connectivity index (χ2n) is 5.54. The van der Waals surface area contributed by atoms with Crippen molar-refractivity contribution < 1.29 is 9.21 Å². The number of carbonyl (C=O) groups excluding carboxylic acids is 1. The minimum atomic E-state index is -0.153. The van der Waals surface area contributed by atoms with Crippen molar-refractivity contribution in [2.75, 3.05) is 7.05 Å². The van der Waals surface area contributed by atoms with Gasteiger partial charge in [-0.2, -0.15) is 5.10 Å². The predicted octanol–water partition coefficient (Wildman–Crippen LogP) is 2.76. The van der Waals surface area contributed by atoms with Crippen molar-refractivity contribution in [3.05, 3.63) is 66.6 Å². The molecule has 0 bridgehead atoms. The summed E-state index contributed by atoms with van der Waals surface area (Å²) in [6, 6.07) is 11.2. The molecule has 2 aromatic heterocycles. The van der Waals surface area contributed by atoms with Crippen molar-refractivity contribution in [2.45, 2.75) is 19.5 Å². The number of furan rings is 1. The number of benzene rings is 1. The van der Waals surface area contributed by atoms with Gasteiger partial charge in [0, 0.05) is 7.05 Å². The maximum atomic E-state index is 12.3.